The molecule has 0 unspecified atom stereocenters. The fourth-order valence-electron chi connectivity index (χ4n) is 5.49. The maximum atomic E-state index is 12.8. The number of nitrogens with one attached hydrogen (secondary N) is 1. The van der Waals surface area contributed by atoms with Gasteiger partial charge < -0.3 is 14.8 Å². The van der Waals surface area contributed by atoms with Crippen molar-refractivity contribution in [2.75, 3.05) is 59.0 Å². The van der Waals surface area contributed by atoms with Crippen LogP contribution in [0.3, 0.4) is 0 Å². The molecule has 40 heavy (non-hydrogen) atoms. The molecule has 1 N–H and O–H groups in total. The van der Waals surface area contributed by atoms with E-state index in [4.69, 9.17) is 9.47 Å². The van der Waals surface area contributed by atoms with Crippen LogP contribution >= 0.6 is 0 Å². The van der Waals surface area contributed by atoms with E-state index in [1.54, 1.807) is 17.0 Å². The van der Waals surface area contributed by atoms with Crippen LogP contribution in [0.25, 0.3) is 0 Å². The van der Waals surface area contributed by atoms with Crippen molar-refractivity contribution in [3.8, 4) is 0 Å². The number of rotatable bonds is 8. The molecule has 11 heteroatoms. The van der Waals surface area contributed by atoms with Crippen molar-refractivity contribution < 1.29 is 32.2 Å². The molecule has 0 bridgehead atoms. The summed E-state index contributed by atoms with van der Waals surface area (Å²) in [6, 6.07) is 12.5. The summed E-state index contributed by atoms with van der Waals surface area (Å²) < 4.78 is 49.6. The Labute approximate surface area is 232 Å². The monoisotopic (exact) mass is 560 g/mol. The molecule has 3 fully saturated rings. The maximum Gasteiger partial charge on any atom is 0.416 e. The highest BCUT2D eigenvalue weighted by Crippen LogP contribution is 2.35. The normalized spacial score (nSPS) is 20.1. The Balaban J connectivity index is 1.07. The molecule has 0 aromatic heterocycles. The van der Waals surface area contributed by atoms with Gasteiger partial charge in [-0.15, -0.1) is 0 Å². The van der Waals surface area contributed by atoms with Crippen LogP contribution in [0.4, 0.5) is 18.0 Å². The zero-order valence-electron chi connectivity index (χ0n) is 22.4. The summed E-state index contributed by atoms with van der Waals surface area (Å²) in [6.07, 6.45) is -3.35. The molecule has 2 aromatic rings. The van der Waals surface area contributed by atoms with Crippen LogP contribution in [0.1, 0.15) is 39.9 Å². The van der Waals surface area contributed by atoms with Gasteiger partial charge in [-0.25, -0.2) is 4.79 Å². The van der Waals surface area contributed by atoms with Gasteiger partial charge in [0.25, 0.3) is 5.91 Å². The molecule has 2 amide bonds. The number of carbonyl (C=O) groups excluding carboxylic acids is 2. The van der Waals surface area contributed by atoms with Gasteiger partial charge >= 0.3 is 12.3 Å². The van der Waals surface area contributed by atoms with Gasteiger partial charge in [-0.1, -0.05) is 24.3 Å². The maximum absolute atomic E-state index is 12.8. The Morgan fingerprint density at radius 3 is 2.15 bits per heavy atom. The predicted octanol–water partition coefficient (Wildman–Crippen LogP) is 3.75. The van der Waals surface area contributed by atoms with Crippen LogP contribution in [0, 0.1) is 0 Å². The quantitative estimate of drug-likeness (QED) is 0.530. The largest absolute Gasteiger partial charge is 0.441 e. The summed E-state index contributed by atoms with van der Waals surface area (Å²) in [5.41, 5.74) is 1.12. The number of benzene rings is 2. The molecule has 1 spiro atoms. The third kappa shape index (κ3) is 7.13. The SMILES string of the molecule is O=C(NCCN1CCOCC1)c1ccc(CN2CC3(CCN(Cc4ccc(C(F)(F)F)cc4)CC3)OC2=O)cc1. The Bertz CT molecular complexity index is 1160. The van der Waals surface area contributed by atoms with Crippen LogP contribution in [0.15, 0.2) is 48.5 Å². The minimum atomic E-state index is -4.34. The number of alkyl halides is 3. The van der Waals surface area contributed by atoms with Crippen molar-refractivity contribution in [1.29, 1.82) is 0 Å². The average molecular weight is 561 g/mol. The van der Waals surface area contributed by atoms with Crippen molar-refractivity contribution in [1.82, 2.24) is 20.0 Å². The molecule has 5 rings (SSSR count). The van der Waals surface area contributed by atoms with E-state index in [9.17, 15) is 22.8 Å². The van der Waals surface area contributed by atoms with Crippen LogP contribution in [0.2, 0.25) is 0 Å². The Kier molecular flexibility index (Phi) is 8.62. The number of hydrogen-bond donors (Lipinski definition) is 1. The Hall–Kier alpha value is -3.15. The molecule has 0 saturated carbocycles. The lowest BCUT2D eigenvalue weighted by atomic mass is 9.91. The second kappa shape index (κ2) is 12.2. The van der Waals surface area contributed by atoms with E-state index in [1.165, 1.54) is 12.1 Å². The molecular weight excluding hydrogens is 525 g/mol. The Morgan fingerprint density at radius 1 is 0.875 bits per heavy atom. The number of morpholine rings is 1. The number of carbonyl (C=O) groups is 2. The van der Waals surface area contributed by atoms with Crippen LogP contribution in [-0.4, -0.2) is 91.3 Å². The van der Waals surface area contributed by atoms with E-state index in [-0.39, 0.29) is 12.0 Å². The number of likely N-dealkylation sites (tertiary alicyclic amines) is 1. The molecule has 3 aliphatic rings. The molecular formula is C29H35F3N4O4. The summed E-state index contributed by atoms with van der Waals surface area (Å²) in [6.45, 7) is 7.41. The van der Waals surface area contributed by atoms with Crippen molar-refractivity contribution in [2.24, 2.45) is 0 Å². The second-order valence-electron chi connectivity index (χ2n) is 10.8. The first-order chi connectivity index (χ1) is 19.2. The van der Waals surface area contributed by atoms with Crippen LogP contribution in [0.5, 0.6) is 0 Å². The number of piperidine rings is 1. The van der Waals surface area contributed by atoms with E-state index < -0.39 is 17.3 Å². The highest BCUT2D eigenvalue weighted by atomic mass is 19.4. The van der Waals surface area contributed by atoms with Gasteiger partial charge in [0.1, 0.15) is 5.60 Å². The minimum Gasteiger partial charge on any atom is -0.441 e. The van der Waals surface area contributed by atoms with Crippen molar-refractivity contribution >= 4 is 12.0 Å². The zero-order valence-corrected chi connectivity index (χ0v) is 22.4. The van der Waals surface area contributed by atoms with Gasteiger partial charge in [0, 0.05) is 70.8 Å². The average Bonchev–Trinajstić information content (AvgIpc) is 3.24. The van der Waals surface area contributed by atoms with Crippen LogP contribution < -0.4 is 5.32 Å². The van der Waals surface area contributed by atoms with E-state index >= 15 is 0 Å². The lowest BCUT2D eigenvalue weighted by molar-refractivity contribution is -0.137. The zero-order chi connectivity index (χ0) is 28.2. The number of ether oxygens (including phenoxy) is 2. The second-order valence-corrected chi connectivity index (χ2v) is 10.8. The molecule has 8 nitrogen and oxygen atoms in total. The molecule has 3 saturated heterocycles. The molecule has 2 aromatic carbocycles. The highest BCUT2D eigenvalue weighted by Gasteiger charge is 2.46. The van der Waals surface area contributed by atoms with Gasteiger partial charge in [-0.2, -0.15) is 13.2 Å². The third-order valence-electron chi connectivity index (χ3n) is 7.90. The fraction of sp³-hybridized carbons (Fsp3) is 0.517. The van der Waals surface area contributed by atoms with Crippen LogP contribution in [-0.2, 0) is 28.7 Å². The first-order valence-corrected chi connectivity index (χ1v) is 13.7. The van der Waals surface area contributed by atoms with E-state index in [2.05, 4.69) is 15.1 Å². The standard InChI is InChI=1S/C29H35F3N4O4/c30-29(31,32)25-7-3-22(4-8-25)19-35-12-9-28(10-13-35)21-36(27(38)40-28)20-23-1-5-24(6-2-23)26(37)33-11-14-34-15-17-39-18-16-34/h1-8H,9-21H2,(H,33,37). The summed E-state index contributed by atoms with van der Waals surface area (Å²) in [5.74, 6) is -0.123. The smallest absolute Gasteiger partial charge is 0.416 e. The van der Waals surface area contributed by atoms with Crippen molar-refractivity contribution in [3.63, 3.8) is 0 Å². The topological polar surface area (TPSA) is 74.4 Å². The fourth-order valence-corrected chi connectivity index (χ4v) is 5.49. The van der Waals surface area contributed by atoms with E-state index in [1.807, 2.05) is 12.1 Å². The lowest BCUT2D eigenvalue weighted by Crippen LogP contribution is -2.46. The summed E-state index contributed by atoms with van der Waals surface area (Å²) in [4.78, 5) is 31.3. The van der Waals surface area contributed by atoms with Gasteiger partial charge in [-0.05, 0) is 35.4 Å². The third-order valence-corrected chi connectivity index (χ3v) is 7.90. The lowest BCUT2D eigenvalue weighted by Gasteiger charge is -2.37. The molecule has 0 atom stereocenters. The molecule has 0 aliphatic carbocycles. The summed E-state index contributed by atoms with van der Waals surface area (Å²) in [5, 5.41) is 2.96. The van der Waals surface area contributed by atoms with Gasteiger partial charge in [-0.3, -0.25) is 19.5 Å². The molecule has 3 aliphatic heterocycles. The minimum absolute atomic E-state index is 0.123. The first-order valence-electron chi connectivity index (χ1n) is 13.7. The first kappa shape index (κ1) is 28.4. The molecule has 3 heterocycles. The summed E-state index contributed by atoms with van der Waals surface area (Å²) >= 11 is 0. The number of halogens is 3. The Morgan fingerprint density at radius 2 is 1.50 bits per heavy atom. The number of hydrogen-bond acceptors (Lipinski definition) is 6. The number of nitrogens with zero attached hydrogens (tertiary/aromatic N) is 3. The van der Waals surface area contributed by atoms with E-state index in [0.717, 1.165) is 56.1 Å². The highest BCUT2D eigenvalue weighted by molar-refractivity contribution is 5.94. The van der Waals surface area contributed by atoms with E-state index in [0.29, 0.717) is 57.7 Å². The summed E-state index contributed by atoms with van der Waals surface area (Å²) in [7, 11) is 0. The predicted molar refractivity (Wildman–Crippen MR) is 142 cm³/mol. The molecule has 216 valence electrons. The van der Waals surface area contributed by atoms with Gasteiger partial charge in [0.2, 0.25) is 0 Å². The molecule has 0 radical (unpaired) electrons. The van der Waals surface area contributed by atoms with Crippen molar-refractivity contribution in [2.45, 2.75) is 37.7 Å². The van der Waals surface area contributed by atoms with Gasteiger partial charge in [0.15, 0.2) is 0 Å². The van der Waals surface area contributed by atoms with Gasteiger partial charge in [0.05, 0.1) is 25.3 Å². The number of amides is 2. The van der Waals surface area contributed by atoms with Crippen molar-refractivity contribution in [3.05, 3.63) is 70.8 Å².